The lowest BCUT2D eigenvalue weighted by atomic mass is 10.1. The number of aliphatic hydroxyl groups is 1. The number of nitrogens with zero attached hydrogens (tertiary/aromatic N) is 1. The molecule has 1 fully saturated rings. The first-order valence-corrected chi connectivity index (χ1v) is 7.47. The Morgan fingerprint density at radius 3 is 2.60 bits per heavy atom. The smallest absolute Gasteiger partial charge is 0.396 e. The lowest BCUT2D eigenvalue weighted by Gasteiger charge is -2.17. The Hall–Kier alpha value is -1.12. The van der Waals surface area contributed by atoms with E-state index in [0.717, 1.165) is 22.5 Å². The number of halogens is 3. The highest BCUT2D eigenvalue weighted by molar-refractivity contribution is 7.89. The number of alkyl halides is 3. The van der Waals surface area contributed by atoms with E-state index in [1.807, 2.05) is 0 Å². The lowest BCUT2D eigenvalue weighted by Crippen LogP contribution is -2.29. The minimum Gasteiger partial charge on any atom is -0.396 e. The molecule has 0 bridgehead atoms. The van der Waals surface area contributed by atoms with Gasteiger partial charge < -0.3 is 5.11 Å². The van der Waals surface area contributed by atoms with Crippen LogP contribution >= 0.6 is 0 Å². The maximum atomic E-state index is 12.6. The molecule has 0 spiro atoms. The van der Waals surface area contributed by atoms with Gasteiger partial charge in [-0.2, -0.15) is 17.5 Å². The lowest BCUT2D eigenvalue weighted by molar-refractivity contribution is -0.137. The largest absolute Gasteiger partial charge is 0.416 e. The Bertz CT molecular complexity index is 586. The molecule has 1 aromatic rings. The number of sulfonamides is 1. The molecule has 8 heteroatoms. The second-order valence-corrected chi connectivity index (χ2v) is 6.66. The summed E-state index contributed by atoms with van der Waals surface area (Å²) in [5, 5.41) is 9.00. The summed E-state index contributed by atoms with van der Waals surface area (Å²) in [7, 11) is -3.94. The number of aliphatic hydroxyl groups excluding tert-OH is 1. The van der Waals surface area contributed by atoms with Crippen LogP contribution in [0.3, 0.4) is 0 Å². The summed E-state index contributed by atoms with van der Waals surface area (Å²) < 4.78 is 63.4. The number of hydrogen-bond donors (Lipinski definition) is 1. The Kier molecular flexibility index (Phi) is 4.08. The van der Waals surface area contributed by atoms with Crippen LogP contribution in [0.4, 0.5) is 13.2 Å². The monoisotopic (exact) mass is 309 g/mol. The molecule has 1 aliphatic heterocycles. The highest BCUT2D eigenvalue weighted by Gasteiger charge is 2.35. The predicted molar refractivity (Wildman–Crippen MR) is 65.4 cm³/mol. The quantitative estimate of drug-likeness (QED) is 0.925. The first-order valence-electron chi connectivity index (χ1n) is 6.03. The summed E-state index contributed by atoms with van der Waals surface area (Å²) in [4.78, 5) is -0.370. The number of benzene rings is 1. The summed E-state index contributed by atoms with van der Waals surface area (Å²) in [6.45, 7) is 0.216. The Balaban J connectivity index is 2.31. The third-order valence-electron chi connectivity index (χ3n) is 3.31. The SMILES string of the molecule is O=S(=O)(c1cccc(C(F)(F)F)c1)N1CCC(CO)C1. The van der Waals surface area contributed by atoms with Crippen molar-refractivity contribution in [3.8, 4) is 0 Å². The topological polar surface area (TPSA) is 57.6 Å². The molecule has 20 heavy (non-hydrogen) atoms. The fraction of sp³-hybridized carbons (Fsp3) is 0.500. The van der Waals surface area contributed by atoms with Crippen molar-refractivity contribution in [3.05, 3.63) is 29.8 Å². The van der Waals surface area contributed by atoms with E-state index < -0.39 is 21.8 Å². The minimum absolute atomic E-state index is 0.130. The van der Waals surface area contributed by atoms with E-state index in [2.05, 4.69) is 0 Å². The van der Waals surface area contributed by atoms with Gasteiger partial charge in [0.15, 0.2) is 0 Å². The molecule has 112 valence electrons. The van der Waals surface area contributed by atoms with Crippen LogP contribution in [0.25, 0.3) is 0 Å². The maximum absolute atomic E-state index is 12.6. The third kappa shape index (κ3) is 2.97. The van der Waals surface area contributed by atoms with Crippen molar-refractivity contribution < 1.29 is 26.7 Å². The molecular weight excluding hydrogens is 295 g/mol. The molecule has 0 saturated carbocycles. The van der Waals surface area contributed by atoms with Gasteiger partial charge in [-0.3, -0.25) is 0 Å². The summed E-state index contributed by atoms with van der Waals surface area (Å²) in [6, 6.07) is 3.70. The molecule has 0 aromatic heterocycles. The normalized spacial score (nSPS) is 21.3. The van der Waals surface area contributed by atoms with Gasteiger partial charge >= 0.3 is 6.18 Å². The van der Waals surface area contributed by atoms with Crippen molar-refractivity contribution in [1.82, 2.24) is 4.31 Å². The average molecular weight is 309 g/mol. The summed E-state index contributed by atoms with van der Waals surface area (Å²) in [6.07, 6.45) is -4.07. The van der Waals surface area contributed by atoms with Crippen molar-refractivity contribution in [3.63, 3.8) is 0 Å². The summed E-state index contributed by atoms with van der Waals surface area (Å²) in [5.41, 5.74) is -0.989. The van der Waals surface area contributed by atoms with Gasteiger partial charge in [-0.15, -0.1) is 0 Å². The van der Waals surface area contributed by atoms with E-state index in [4.69, 9.17) is 5.11 Å². The van der Waals surface area contributed by atoms with Crippen LogP contribution in [0.2, 0.25) is 0 Å². The van der Waals surface area contributed by atoms with E-state index >= 15 is 0 Å². The maximum Gasteiger partial charge on any atom is 0.416 e. The van der Waals surface area contributed by atoms with Gasteiger partial charge in [0.25, 0.3) is 0 Å². The van der Waals surface area contributed by atoms with Crippen LogP contribution in [0, 0.1) is 5.92 Å². The van der Waals surface area contributed by atoms with E-state index in [9.17, 15) is 21.6 Å². The highest BCUT2D eigenvalue weighted by atomic mass is 32.2. The highest BCUT2D eigenvalue weighted by Crippen LogP contribution is 2.32. The van der Waals surface area contributed by atoms with Crippen LogP contribution < -0.4 is 0 Å². The van der Waals surface area contributed by atoms with Gasteiger partial charge in [0.1, 0.15) is 0 Å². The van der Waals surface area contributed by atoms with Gasteiger partial charge in [-0.05, 0) is 30.5 Å². The molecular formula is C12H14F3NO3S. The molecule has 1 saturated heterocycles. The summed E-state index contributed by atoms with van der Waals surface area (Å²) >= 11 is 0. The number of hydrogen-bond acceptors (Lipinski definition) is 3. The Morgan fingerprint density at radius 1 is 1.35 bits per heavy atom. The molecule has 1 unspecified atom stereocenters. The molecule has 1 heterocycles. The van der Waals surface area contributed by atoms with E-state index in [0.29, 0.717) is 12.5 Å². The molecule has 4 nitrogen and oxygen atoms in total. The molecule has 0 amide bonds. The van der Waals surface area contributed by atoms with E-state index in [1.165, 1.54) is 0 Å². The van der Waals surface area contributed by atoms with Crippen LogP contribution in [-0.2, 0) is 16.2 Å². The van der Waals surface area contributed by atoms with Gasteiger partial charge in [-0.1, -0.05) is 6.07 Å². The zero-order chi connectivity index (χ0) is 15.0. The second kappa shape index (κ2) is 5.34. The van der Waals surface area contributed by atoms with Gasteiger partial charge in [0.2, 0.25) is 10.0 Å². The molecule has 1 aliphatic rings. The zero-order valence-corrected chi connectivity index (χ0v) is 11.3. The van der Waals surface area contributed by atoms with Crippen LogP contribution in [0.1, 0.15) is 12.0 Å². The Labute approximate surface area is 114 Å². The standard InChI is InChI=1S/C12H14F3NO3S/c13-12(14,15)10-2-1-3-11(6-10)20(18,19)16-5-4-9(7-16)8-17/h1-3,6,9,17H,4-5,7-8H2. The first-order chi connectivity index (χ1) is 9.25. The molecule has 2 rings (SSSR count). The zero-order valence-electron chi connectivity index (χ0n) is 10.5. The fourth-order valence-corrected chi connectivity index (χ4v) is 3.72. The van der Waals surface area contributed by atoms with Crippen LogP contribution in [0.15, 0.2) is 29.2 Å². The van der Waals surface area contributed by atoms with Crippen molar-refractivity contribution in [1.29, 1.82) is 0 Å². The van der Waals surface area contributed by atoms with Crippen molar-refractivity contribution in [2.75, 3.05) is 19.7 Å². The third-order valence-corrected chi connectivity index (χ3v) is 5.17. The average Bonchev–Trinajstić information content (AvgIpc) is 2.87. The summed E-state index contributed by atoms with van der Waals surface area (Å²) in [5.74, 6) is -0.157. The predicted octanol–water partition coefficient (Wildman–Crippen LogP) is 1.71. The molecule has 1 N–H and O–H groups in total. The fourth-order valence-electron chi connectivity index (χ4n) is 2.15. The van der Waals surface area contributed by atoms with Crippen LogP contribution in [0.5, 0.6) is 0 Å². The van der Waals surface area contributed by atoms with E-state index in [-0.39, 0.29) is 30.5 Å². The molecule has 0 aliphatic carbocycles. The van der Waals surface area contributed by atoms with Crippen molar-refractivity contribution in [2.45, 2.75) is 17.5 Å². The molecule has 1 atom stereocenters. The number of rotatable bonds is 3. The van der Waals surface area contributed by atoms with E-state index in [1.54, 1.807) is 0 Å². The van der Waals surface area contributed by atoms with Crippen molar-refractivity contribution >= 4 is 10.0 Å². The second-order valence-electron chi connectivity index (χ2n) is 4.73. The van der Waals surface area contributed by atoms with Gasteiger partial charge in [0, 0.05) is 19.7 Å². The molecule has 0 radical (unpaired) electrons. The first kappa shape index (κ1) is 15.3. The van der Waals surface area contributed by atoms with Gasteiger partial charge in [-0.25, -0.2) is 8.42 Å². The van der Waals surface area contributed by atoms with Crippen LogP contribution in [-0.4, -0.2) is 37.5 Å². The Morgan fingerprint density at radius 2 is 2.05 bits per heavy atom. The molecule has 1 aromatic carbocycles. The minimum atomic E-state index is -4.58. The van der Waals surface area contributed by atoms with Crippen molar-refractivity contribution in [2.24, 2.45) is 5.92 Å². The van der Waals surface area contributed by atoms with Gasteiger partial charge in [0.05, 0.1) is 10.5 Å².